The molecule has 8 nitrogen and oxygen atoms in total. The van der Waals surface area contributed by atoms with Crippen LogP contribution in [0.5, 0.6) is 0 Å². The molecule has 9 heteroatoms. The van der Waals surface area contributed by atoms with Crippen molar-refractivity contribution in [2.75, 3.05) is 11.9 Å². The van der Waals surface area contributed by atoms with Crippen LogP contribution in [0.2, 0.25) is 5.02 Å². The number of benzene rings is 3. The molecule has 0 radical (unpaired) electrons. The van der Waals surface area contributed by atoms with Crippen LogP contribution in [-0.4, -0.2) is 41.7 Å². The maximum atomic E-state index is 13.8. The summed E-state index contributed by atoms with van der Waals surface area (Å²) in [6, 6.07) is 21.3. The number of carboxylic acid groups (broad SMARTS) is 1. The third kappa shape index (κ3) is 5.51. The molecule has 0 saturated heterocycles. The Morgan fingerprint density at radius 3 is 2.63 bits per heavy atom. The number of hydrogen-bond acceptors (Lipinski definition) is 4. The van der Waals surface area contributed by atoms with Crippen LogP contribution in [0.25, 0.3) is 17.0 Å². The molecule has 0 spiro atoms. The molecule has 4 aromatic rings. The fourth-order valence-electron chi connectivity index (χ4n) is 5.56. The van der Waals surface area contributed by atoms with Crippen molar-refractivity contribution in [3.05, 3.63) is 106 Å². The van der Waals surface area contributed by atoms with Gasteiger partial charge in [-0.2, -0.15) is 5.10 Å². The molecule has 0 aliphatic carbocycles. The predicted molar refractivity (Wildman–Crippen MR) is 165 cm³/mol. The number of rotatable bonds is 8. The number of carbonyl (C=O) groups is 2. The lowest BCUT2D eigenvalue weighted by Crippen LogP contribution is -2.51. The van der Waals surface area contributed by atoms with E-state index in [0.717, 1.165) is 39.0 Å². The molecular weight excluding hydrogens is 538 g/mol. The zero-order valence-corrected chi connectivity index (χ0v) is 23.6. The van der Waals surface area contributed by atoms with Crippen molar-refractivity contribution in [2.24, 2.45) is 10.2 Å². The van der Waals surface area contributed by atoms with E-state index < -0.39 is 11.5 Å². The predicted octanol–water partition coefficient (Wildman–Crippen LogP) is 6.05. The normalized spacial score (nSPS) is 16.7. The molecule has 5 rings (SSSR count). The molecular formula is C32H30ClN5O3. The Morgan fingerprint density at radius 1 is 1.15 bits per heavy atom. The number of nitrogens with zero attached hydrogens (tertiary/aromatic N) is 4. The number of carbonyl (C=O) groups excluding carboxylic acids is 1. The highest BCUT2D eigenvalue weighted by Crippen LogP contribution is 2.40. The lowest BCUT2D eigenvalue weighted by atomic mass is 9.81. The number of halogens is 1. The molecule has 3 aromatic carbocycles. The van der Waals surface area contributed by atoms with Gasteiger partial charge >= 0.3 is 5.97 Å². The van der Waals surface area contributed by atoms with Gasteiger partial charge in [0.05, 0.1) is 22.7 Å². The van der Waals surface area contributed by atoms with Gasteiger partial charge in [0.25, 0.3) is 5.91 Å². The van der Waals surface area contributed by atoms with Gasteiger partial charge in [0.2, 0.25) is 0 Å². The molecule has 0 unspecified atom stereocenters. The Kier molecular flexibility index (Phi) is 7.77. The van der Waals surface area contributed by atoms with Gasteiger partial charge in [0, 0.05) is 47.7 Å². The molecule has 1 aliphatic heterocycles. The van der Waals surface area contributed by atoms with Crippen LogP contribution < -0.4 is 10.2 Å². The Balaban J connectivity index is 1.56. The molecule has 2 N–H and O–H groups in total. The first-order valence-corrected chi connectivity index (χ1v) is 13.5. The monoisotopic (exact) mass is 567 g/mol. The van der Waals surface area contributed by atoms with Crippen LogP contribution in [0.4, 0.5) is 5.69 Å². The summed E-state index contributed by atoms with van der Waals surface area (Å²) in [6.07, 6.45) is 5.62. The summed E-state index contributed by atoms with van der Waals surface area (Å²) in [5.41, 5.74) is 5.39. The van der Waals surface area contributed by atoms with Gasteiger partial charge in [0.15, 0.2) is 0 Å². The second-order valence-corrected chi connectivity index (χ2v) is 10.6. The van der Waals surface area contributed by atoms with Gasteiger partial charge in [0.1, 0.15) is 6.34 Å². The van der Waals surface area contributed by atoms with E-state index >= 15 is 0 Å². The zero-order chi connectivity index (χ0) is 29.1. The average Bonchev–Trinajstić information content (AvgIpc) is 3.26. The van der Waals surface area contributed by atoms with Crippen LogP contribution in [0.3, 0.4) is 0 Å². The molecule has 1 aromatic heterocycles. The molecule has 0 bridgehead atoms. The van der Waals surface area contributed by atoms with E-state index in [-0.39, 0.29) is 5.91 Å². The first-order chi connectivity index (χ1) is 19.7. The highest BCUT2D eigenvalue weighted by Gasteiger charge is 2.39. The second kappa shape index (κ2) is 11.4. The molecule has 208 valence electrons. The third-order valence-corrected chi connectivity index (χ3v) is 7.88. The number of nitrogens with one attached hydrogen (secondary N) is 1. The largest absolute Gasteiger partial charge is 0.478 e. The third-order valence-electron chi connectivity index (χ3n) is 7.57. The highest BCUT2D eigenvalue weighted by molar-refractivity contribution is 6.34. The number of hydrogen-bond donors (Lipinski definition) is 2. The summed E-state index contributed by atoms with van der Waals surface area (Å²) in [7, 11) is 1.80. The molecule has 41 heavy (non-hydrogen) atoms. The number of aryl methyl sites for hydroxylation is 1. The maximum absolute atomic E-state index is 13.8. The Morgan fingerprint density at radius 2 is 1.93 bits per heavy atom. The number of aromatic nitrogens is 1. The van der Waals surface area contributed by atoms with Gasteiger partial charge < -0.3 is 19.9 Å². The molecule has 0 fully saturated rings. The first kappa shape index (κ1) is 27.9. The van der Waals surface area contributed by atoms with Crippen LogP contribution >= 0.6 is 11.6 Å². The fraction of sp³-hybridized carbons (Fsp3) is 0.188. The van der Waals surface area contributed by atoms with Crippen molar-refractivity contribution < 1.29 is 14.7 Å². The first-order valence-electron chi connectivity index (χ1n) is 13.1. The Bertz CT molecular complexity index is 1710. The quantitative estimate of drug-likeness (QED) is 0.117. The minimum absolute atomic E-state index is 0.281. The summed E-state index contributed by atoms with van der Waals surface area (Å²) in [5, 5.41) is 21.2. The fourth-order valence-corrected chi connectivity index (χ4v) is 5.82. The van der Waals surface area contributed by atoms with Gasteiger partial charge in [-0.25, -0.2) is 4.79 Å². The van der Waals surface area contributed by atoms with Crippen molar-refractivity contribution in [1.29, 1.82) is 0 Å². The SMILES string of the molecule is C=N/N=C\N(C)c1ccc(C(=O)N[C@]2(c3ccccc3)CCc3c(/C=C/C(=O)O)c4cc(C)ccc4n3C2)c(Cl)c1. The Labute approximate surface area is 243 Å². The molecule has 0 saturated carbocycles. The highest BCUT2D eigenvalue weighted by atomic mass is 35.5. The summed E-state index contributed by atoms with van der Waals surface area (Å²) in [5.74, 6) is -1.28. The smallest absolute Gasteiger partial charge is 0.328 e. The summed E-state index contributed by atoms with van der Waals surface area (Å²) < 4.78 is 2.21. The molecule has 1 atom stereocenters. The van der Waals surface area contributed by atoms with Crippen molar-refractivity contribution >= 4 is 59.2 Å². The summed E-state index contributed by atoms with van der Waals surface area (Å²) >= 11 is 6.62. The van der Waals surface area contributed by atoms with E-state index in [1.54, 1.807) is 36.2 Å². The van der Waals surface area contributed by atoms with E-state index in [1.165, 1.54) is 12.4 Å². The second-order valence-electron chi connectivity index (χ2n) is 10.2. The van der Waals surface area contributed by atoms with Crippen molar-refractivity contribution in [3.8, 4) is 0 Å². The van der Waals surface area contributed by atoms with E-state index in [9.17, 15) is 14.7 Å². The van der Waals surface area contributed by atoms with E-state index in [0.29, 0.717) is 30.0 Å². The van der Waals surface area contributed by atoms with Crippen LogP contribution in [0, 0.1) is 6.92 Å². The van der Waals surface area contributed by atoms with Crippen molar-refractivity contribution in [3.63, 3.8) is 0 Å². The van der Waals surface area contributed by atoms with Crippen LogP contribution in [-0.2, 0) is 23.3 Å². The van der Waals surface area contributed by atoms with Crippen molar-refractivity contribution in [2.45, 2.75) is 31.8 Å². The van der Waals surface area contributed by atoms with Gasteiger partial charge in [-0.1, -0.05) is 53.6 Å². The minimum atomic E-state index is -0.994. The number of amides is 1. The molecule has 2 heterocycles. The lowest BCUT2D eigenvalue weighted by Gasteiger charge is -2.40. The summed E-state index contributed by atoms with van der Waals surface area (Å²) in [4.78, 5) is 26.9. The number of anilines is 1. The van der Waals surface area contributed by atoms with Crippen molar-refractivity contribution in [1.82, 2.24) is 9.88 Å². The standard InChI is InChI=1S/C32H30ClN5O3/c1-21-9-13-28-26(17-21)24(12-14-30(39)40)29-15-16-32(19-38(28)29,22-7-5-4-6-8-22)36-31(41)25-11-10-23(18-27(25)33)37(3)20-35-34-2/h4-14,17-18,20H,2,15-16,19H2,1,3H3,(H,36,41)(H,39,40)/b14-12+,35-20-/t32-/m1/s1. The average molecular weight is 568 g/mol. The number of aliphatic carboxylic acids is 1. The molecule has 1 amide bonds. The maximum Gasteiger partial charge on any atom is 0.328 e. The van der Waals surface area contributed by atoms with Crippen LogP contribution in [0.15, 0.2) is 83.0 Å². The van der Waals surface area contributed by atoms with Gasteiger partial charge in [-0.3, -0.25) is 4.79 Å². The van der Waals surface area contributed by atoms with E-state index in [4.69, 9.17) is 11.6 Å². The summed E-state index contributed by atoms with van der Waals surface area (Å²) in [6.45, 7) is 5.83. The van der Waals surface area contributed by atoms with E-state index in [2.05, 4.69) is 38.9 Å². The minimum Gasteiger partial charge on any atom is -0.478 e. The number of fused-ring (bicyclic) bond motifs is 3. The molecule has 1 aliphatic rings. The topological polar surface area (TPSA) is 99.3 Å². The van der Waals surface area contributed by atoms with Crippen LogP contribution in [0.1, 0.15) is 39.2 Å². The zero-order valence-electron chi connectivity index (χ0n) is 22.8. The number of carboxylic acids is 1. The lowest BCUT2D eigenvalue weighted by molar-refractivity contribution is -0.131. The van der Waals surface area contributed by atoms with Gasteiger partial charge in [-0.05, 0) is 61.7 Å². The van der Waals surface area contributed by atoms with Gasteiger partial charge in [-0.15, -0.1) is 5.10 Å². The van der Waals surface area contributed by atoms with E-state index in [1.807, 2.05) is 43.3 Å². The Hall–Kier alpha value is -4.69.